The molecule has 0 bridgehead atoms. The molecule has 1 aromatic rings. The van der Waals surface area contributed by atoms with Crippen LogP contribution in [0.2, 0.25) is 5.15 Å². The van der Waals surface area contributed by atoms with Gasteiger partial charge in [0.05, 0.1) is 5.75 Å². The molecule has 0 saturated carbocycles. The first-order chi connectivity index (χ1) is 7.58. The van der Waals surface area contributed by atoms with Gasteiger partial charge >= 0.3 is 0 Å². The molecule has 0 radical (unpaired) electrons. The topological polar surface area (TPSA) is 72.0 Å². The molecule has 17 heavy (non-hydrogen) atoms. The summed E-state index contributed by atoms with van der Waals surface area (Å²) >= 11 is 5.64. The number of rotatable bonds is 3. The van der Waals surface area contributed by atoms with Crippen molar-refractivity contribution in [3.8, 4) is 0 Å². The van der Waals surface area contributed by atoms with E-state index < -0.39 is 9.84 Å². The van der Waals surface area contributed by atoms with Crippen LogP contribution in [0.5, 0.6) is 0 Å². The second-order valence-corrected chi connectivity index (χ2v) is 6.19. The summed E-state index contributed by atoms with van der Waals surface area (Å²) in [5.41, 5.74) is 0. The van der Waals surface area contributed by atoms with E-state index in [-0.39, 0.29) is 34.3 Å². The molecular weight excluding hydrogens is 285 g/mol. The zero-order chi connectivity index (χ0) is 11.6. The monoisotopic (exact) mass is 297 g/mol. The van der Waals surface area contributed by atoms with Crippen LogP contribution in [-0.2, 0) is 9.84 Å². The van der Waals surface area contributed by atoms with Gasteiger partial charge in [0.1, 0.15) is 11.5 Å². The Morgan fingerprint density at radius 3 is 2.82 bits per heavy atom. The molecule has 1 aliphatic heterocycles. The van der Waals surface area contributed by atoms with E-state index in [1.54, 1.807) is 0 Å². The fourth-order valence-corrected chi connectivity index (χ4v) is 3.53. The maximum absolute atomic E-state index is 12.0. The van der Waals surface area contributed by atoms with Crippen molar-refractivity contribution in [3.63, 3.8) is 0 Å². The van der Waals surface area contributed by atoms with Crippen molar-refractivity contribution < 1.29 is 8.42 Å². The van der Waals surface area contributed by atoms with Crippen molar-refractivity contribution in [2.24, 2.45) is 5.92 Å². The minimum absolute atomic E-state index is 0. The molecule has 0 aromatic carbocycles. The first-order valence-corrected chi connectivity index (χ1v) is 7.02. The molecule has 2 heterocycles. The van der Waals surface area contributed by atoms with Crippen LogP contribution in [0.3, 0.4) is 0 Å². The van der Waals surface area contributed by atoms with Gasteiger partial charge in [-0.05, 0) is 25.4 Å². The molecule has 1 aromatic heterocycles. The van der Waals surface area contributed by atoms with Crippen LogP contribution in [0.4, 0.5) is 0 Å². The van der Waals surface area contributed by atoms with E-state index in [1.807, 2.05) is 0 Å². The number of nitrogens with one attached hydrogen (secondary N) is 1. The van der Waals surface area contributed by atoms with Crippen molar-refractivity contribution in [3.05, 3.63) is 17.5 Å². The zero-order valence-electron chi connectivity index (χ0n) is 8.97. The molecule has 1 unspecified atom stereocenters. The molecule has 96 valence electrons. The molecule has 1 saturated heterocycles. The molecular formula is C9H13Cl2N3O2S. The number of halogens is 2. The zero-order valence-corrected chi connectivity index (χ0v) is 11.4. The van der Waals surface area contributed by atoms with Gasteiger partial charge in [0.25, 0.3) is 0 Å². The van der Waals surface area contributed by atoms with Gasteiger partial charge in [0.15, 0.2) is 14.9 Å². The van der Waals surface area contributed by atoms with E-state index in [2.05, 4.69) is 15.3 Å². The minimum Gasteiger partial charge on any atom is -0.316 e. The Morgan fingerprint density at radius 2 is 2.24 bits per heavy atom. The van der Waals surface area contributed by atoms with Crippen molar-refractivity contribution >= 4 is 33.8 Å². The van der Waals surface area contributed by atoms with E-state index in [4.69, 9.17) is 11.6 Å². The number of hydrogen-bond donors (Lipinski definition) is 1. The molecule has 0 aliphatic carbocycles. The number of sulfone groups is 1. The average molecular weight is 298 g/mol. The highest BCUT2D eigenvalue weighted by molar-refractivity contribution is 7.91. The Labute approximate surface area is 111 Å². The van der Waals surface area contributed by atoms with Gasteiger partial charge in [-0.25, -0.2) is 18.4 Å². The Kier molecular flexibility index (Phi) is 5.12. The van der Waals surface area contributed by atoms with Crippen LogP contribution in [0.15, 0.2) is 17.4 Å². The third-order valence-corrected chi connectivity index (χ3v) is 4.52. The van der Waals surface area contributed by atoms with Gasteiger partial charge in [-0.1, -0.05) is 11.6 Å². The highest BCUT2D eigenvalue weighted by Gasteiger charge is 2.25. The number of hydrogen-bond acceptors (Lipinski definition) is 5. The summed E-state index contributed by atoms with van der Waals surface area (Å²) in [5, 5.41) is 3.30. The molecule has 1 fully saturated rings. The molecule has 1 aliphatic rings. The third kappa shape index (κ3) is 3.77. The molecule has 1 atom stereocenters. The molecule has 2 rings (SSSR count). The van der Waals surface area contributed by atoms with Crippen LogP contribution in [0.1, 0.15) is 6.42 Å². The van der Waals surface area contributed by atoms with Gasteiger partial charge in [0, 0.05) is 6.07 Å². The number of aromatic nitrogens is 2. The maximum Gasteiger partial charge on any atom is 0.196 e. The van der Waals surface area contributed by atoms with Gasteiger partial charge < -0.3 is 5.32 Å². The maximum atomic E-state index is 12.0. The first-order valence-electron chi connectivity index (χ1n) is 4.99. The van der Waals surface area contributed by atoms with Crippen LogP contribution in [0.25, 0.3) is 0 Å². The highest BCUT2D eigenvalue weighted by atomic mass is 35.5. The summed E-state index contributed by atoms with van der Waals surface area (Å²) in [5.74, 6) is 0.284. The van der Waals surface area contributed by atoms with Crippen LogP contribution < -0.4 is 5.32 Å². The summed E-state index contributed by atoms with van der Waals surface area (Å²) in [4.78, 5) is 7.41. The van der Waals surface area contributed by atoms with Gasteiger partial charge in [-0.3, -0.25) is 0 Å². The predicted octanol–water partition coefficient (Wildman–Crippen LogP) is 0.935. The quantitative estimate of drug-likeness (QED) is 0.841. The lowest BCUT2D eigenvalue weighted by Gasteiger charge is -2.08. The smallest absolute Gasteiger partial charge is 0.196 e. The summed E-state index contributed by atoms with van der Waals surface area (Å²) in [6, 6.07) is 1.29. The highest BCUT2D eigenvalue weighted by Crippen LogP contribution is 2.17. The van der Waals surface area contributed by atoms with Gasteiger partial charge in [-0.15, -0.1) is 12.4 Å². The van der Waals surface area contributed by atoms with Crippen LogP contribution in [0, 0.1) is 5.92 Å². The van der Waals surface area contributed by atoms with E-state index in [0.29, 0.717) is 0 Å². The molecule has 0 amide bonds. The molecule has 1 N–H and O–H groups in total. The van der Waals surface area contributed by atoms with E-state index in [9.17, 15) is 8.42 Å². The van der Waals surface area contributed by atoms with E-state index in [0.717, 1.165) is 19.5 Å². The lowest BCUT2D eigenvalue weighted by atomic mass is 10.2. The summed E-state index contributed by atoms with van der Waals surface area (Å²) < 4.78 is 23.9. The van der Waals surface area contributed by atoms with Crippen molar-refractivity contribution in [2.45, 2.75) is 11.4 Å². The fraction of sp³-hybridized carbons (Fsp3) is 0.556. The van der Waals surface area contributed by atoms with E-state index in [1.165, 1.54) is 12.4 Å². The normalized spacial score (nSPS) is 19.9. The second kappa shape index (κ2) is 5.95. The second-order valence-electron chi connectivity index (χ2n) is 3.82. The lowest BCUT2D eigenvalue weighted by Crippen LogP contribution is -2.19. The Morgan fingerprint density at radius 1 is 1.47 bits per heavy atom. The predicted molar refractivity (Wildman–Crippen MR) is 67.3 cm³/mol. The van der Waals surface area contributed by atoms with Gasteiger partial charge in [0.2, 0.25) is 0 Å². The summed E-state index contributed by atoms with van der Waals surface area (Å²) in [6.45, 7) is 1.63. The molecule has 0 spiro atoms. The van der Waals surface area contributed by atoms with Gasteiger partial charge in [-0.2, -0.15) is 0 Å². The Hall–Kier alpha value is -0.430. The lowest BCUT2D eigenvalue weighted by molar-refractivity contribution is 0.567. The fourth-order valence-electron chi connectivity index (χ4n) is 1.74. The Balaban J connectivity index is 0.00000144. The largest absolute Gasteiger partial charge is 0.316 e. The van der Waals surface area contributed by atoms with Crippen LogP contribution >= 0.6 is 24.0 Å². The molecule has 8 heteroatoms. The summed E-state index contributed by atoms with van der Waals surface area (Å²) in [7, 11) is -3.34. The summed E-state index contributed by atoms with van der Waals surface area (Å²) in [6.07, 6.45) is 2.06. The van der Waals surface area contributed by atoms with Crippen molar-refractivity contribution in [1.82, 2.24) is 15.3 Å². The van der Waals surface area contributed by atoms with Crippen molar-refractivity contribution in [1.29, 1.82) is 0 Å². The minimum atomic E-state index is -3.34. The first kappa shape index (κ1) is 14.6. The Bertz CT molecular complexity index is 475. The standard InChI is InChI=1S/C9H12ClN3O2S.ClH/c10-8-3-9(13-6-12-8)16(14,15)5-7-1-2-11-4-7;/h3,6-7,11H,1-2,4-5H2;1H. The van der Waals surface area contributed by atoms with Crippen molar-refractivity contribution in [2.75, 3.05) is 18.8 Å². The van der Waals surface area contributed by atoms with E-state index >= 15 is 0 Å². The third-order valence-electron chi connectivity index (χ3n) is 2.54. The molecule has 5 nitrogen and oxygen atoms in total. The average Bonchev–Trinajstić information content (AvgIpc) is 2.70. The SMILES string of the molecule is Cl.O=S(=O)(CC1CCNC1)c1cc(Cl)ncn1. The number of nitrogens with zero attached hydrogens (tertiary/aromatic N) is 2. The van der Waals surface area contributed by atoms with Crippen LogP contribution in [-0.4, -0.2) is 37.2 Å².